The molecular formula is C27H39FN2O2S. The van der Waals surface area contributed by atoms with Crippen LogP contribution in [0.2, 0.25) is 0 Å². The number of piperidine rings is 1. The minimum absolute atomic E-state index is 0.00545. The first-order chi connectivity index (χ1) is 16.2. The van der Waals surface area contributed by atoms with Gasteiger partial charge in [0.1, 0.15) is 12.4 Å². The smallest absolute Gasteiger partial charge is 0.119 e. The van der Waals surface area contributed by atoms with E-state index in [9.17, 15) is 9.50 Å². The van der Waals surface area contributed by atoms with Gasteiger partial charge >= 0.3 is 0 Å². The molecule has 1 saturated heterocycles. The summed E-state index contributed by atoms with van der Waals surface area (Å²) >= 11 is 2.17. The molecule has 0 amide bonds. The van der Waals surface area contributed by atoms with Crippen LogP contribution in [-0.2, 0) is 13.1 Å². The number of aliphatic hydroxyl groups is 1. The second-order valence-corrected chi connectivity index (χ2v) is 11.3. The molecule has 0 unspecified atom stereocenters. The molecule has 182 valence electrons. The number of aromatic nitrogens is 1. The Bertz CT molecular complexity index is 890. The van der Waals surface area contributed by atoms with Crippen LogP contribution in [0.5, 0.6) is 5.75 Å². The third kappa shape index (κ3) is 6.20. The number of hydrogen-bond acceptors (Lipinski definition) is 5. The first-order valence-corrected chi connectivity index (χ1v) is 13.7. The highest BCUT2D eigenvalue weighted by molar-refractivity contribution is 7.99. The lowest BCUT2D eigenvalue weighted by molar-refractivity contribution is 0.0378. The molecule has 1 aliphatic carbocycles. The van der Waals surface area contributed by atoms with Crippen LogP contribution in [0, 0.1) is 5.41 Å². The molecule has 1 saturated carbocycles. The third-order valence-corrected chi connectivity index (χ3v) is 9.23. The van der Waals surface area contributed by atoms with E-state index in [4.69, 9.17) is 4.74 Å². The van der Waals surface area contributed by atoms with Gasteiger partial charge in [0.05, 0.1) is 12.6 Å². The van der Waals surface area contributed by atoms with E-state index >= 15 is 0 Å². The van der Waals surface area contributed by atoms with Gasteiger partial charge in [-0.15, -0.1) is 0 Å². The van der Waals surface area contributed by atoms with Gasteiger partial charge in [-0.3, -0.25) is 4.98 Å². The number of likely N-dealkylation sites (tertiary alicyclic amines) is 1. The summed E-state index contributed by atoms with van der Waals surface area (Å²) in [6, 6.07) is 5.81. The fourth-order valence-corrected chi connectivity index (χ4v) is 6.95. The number of fused-ring (bicyclic) bond motifs is 1. The zero-order valence-corrected chi connectivity index (χ0v) is 20.8. The maximum Gasteiger partial charge on any atom is 0.119 e. The standard InChI is InChI=1S/C27H39FN2O2S/c1-32-22-8-9-26-25(17-22)24(21(18-28)19-29-26)7-4-10-27(20-31)11-13-30(14-12-27)15-16-33-23-5-2-3-6-23/h8-9,17,19,23,31H,2-7,10-16,18,20H2,1H3. The Balaban J connectivity index is 1.31. The number of aryl methyl sites for hydroxylation is 1. The Morgan fingerprint density at radius 1 is 1.24 bits per heavy atom. The number of pyridine rings is 1. The van der Waals surface area contributed by atoms with E-state index in [1.807, 2.05) is 18.2 Å². The van der Waals surface area contributed by atoms with Crippen LogP contribution < -0.4 is 4.74 Å². The van der Waals surface area contributed by atoms with Crippen molar-refractivity contribution in [1.82, 2.24) is 9.88 Å². The molecule has 4 rings (SSSR count). The predicted molar refractivity (Wildman–Crippen MR) is 136 cm³/mol. The second-order valence-electron chi connectivity index (χ2n) is 9.91. The SMILES string of the molecule is COc1ccc2ncc(CF)c(CCCC3(CO)CCN(CCSC4CCCC4)CC3)c2c1. The molecule has 2 heterocycles. The molecule has 0 atom stereocenters. The molecule has 0 radical (unpaired) electrons. The Hall–Kier alpha value is -1.37. The molecule has 2 fully saturated rings. The number of rotatable bonds is 11. The zero-order chi connectivity index (χ0) is 23.1. The number of halogens is 1. The average Bonchev–Trinajstić information content (AvgIpc) is 3.38. The van der Waals surface area contributed by atoms with Crippen molar-refractivity contribution in [2.45, 2.75) is 69.7 Å². The minimum atomic E-state index is -0.506. The monoisotopic (exact) mass is 474 g/mol. The first kappa shape index (κ1) is 24.7. The molecule has 0 spiro atoms. The Morgan fingerprint density at radius 3 is 2.73 bits per heavy atom. The van der Waals surface area contributed by atoms with Crippen LogP contribution in [0.4, 0.5) is 4.39 Å². The zero-order valence-electron chi connectivity index (χ0n) is 20.0. The van der Waals surface area contributed by atoms with Gasteiger partial charge in [-0.2, -0.15) is 11.8 Å². The Labute approximate surface area is 202 Å². The third-order valence-electron chi connectivity index (χ3n) is 7.87. The van der Waals surface area contributed by atoms with E-state index in [-0.39, 0.29) is 12.0 Å². The van der Waals surface area contributed by atoms with Gasteiger partial charge in [-0.25, -0.2) is 4.39 Å². The van der Waals surface area contributed by atoms with Gasteiger partial charge in [0, 0.05) is 41.3 Å². The van der Waals surface area contributed by atoms with E-state index in [0.29, 0.717) is 5.56 Å². The van der Waals surface area contributed by atoms with Crippen molar-refractivity contribution in [3.05, 3.63) is 35.5 Å². The number of aliphatic hydroxyl groups excluding tert-OH is 1. The first-order valence-electron chi connectivity index (χ1n) is 12.6. The van der Waals surface area contributed by atoms with Crippen LogP contribution in [0.1, 0.15) is 62.5 Å². The topological polar surface area (TPSA) is 45.6 Å². The highest BCUT2D eigenvalue weighted by Crippen LogP contribution is 2.37. The van der Waals surface area contributed by atoms with Gasteiger partial charge in [0.15, 0.2) is 0 Å². The largest absolute Gasteiger partial charge is 0.497 e. The van der Waals surface area contributed by atoms with Gasteiger partial charge < -0.3 is 14.7 Å². The van der Waals surface area contributed by atoms with Crippen LogP contribution in [0.25, 0.3) is 10.9 Å². The normalized spacial score (nSPS) is 19.4. The number of hydrogen-bond donors (Lipinski definition) is 1. The molecule has 1 N–H and O–H groups in total. The maximum absolute atomic E-state index is 13.7. The van der Waals surface area contributed by atoms with Crippen molar-refractivity contribution in [1.29, 1.82) is 0 Å². The minimum Gasteiger partial charge on any atom is -0.497 e. The highest BCUT2D eigenvalue weighted by Gasteiger charge is 2.33. The van der Waals surface area contributed by atoms with Crippen LogP contribution in [0.15, 0.2) is 24.4 Å². The molecule has 33 heavy (non-hydrogen) atoms. The Morgan fingerprint density at radius 2 is 2.03 bits per heavy atom. The molecule has 4 nitrogen and oxygen atoms in total. The van der Waals surface area contributed by atoms with E-state index in [2.05, 4.69) is 21.6 Å². The van der Waals surface area contributed by atoms with Gasteiger partial charge in [0.2, 0.25) is 0 Å². The highest BCUT2D eigenvalue weighted by atomic mass is 32.2. The molecular weight excluding hydrogens is 435 g/mol. The van der Waals surface area contributed by atoms with E-state index < -0.39 is 6.67 Å². The van der Waals surface area contributed by atoms with Crippen molar-refractivity contribution in [3.8, 4) is 5.75 Å². The number of methoxy groups -OCH3 is 1. The molecule has 2 aliphatic rings. The van der Waals surface area contributed by atoms with Crippen molar-refractivity contribution in [2.24, 2.45) is 5.41 Å². The molecule has 1 aliphatic heterocycles. The van der Waals surface area contributed by atoms with Gasteiger partial charge in [-0.1, -0.05) is 12.8 Å². The summed E-state index contributed by atoms with van der Waals surface area (Å²) in [7, 11) is 1.65. The number of thioether (sulfide) groups is 1. The van der Waals surface area contributed by atoms with Crippen LogP contribution in [-0.4, -0.2) is 59.3 Å². The summed E-state index contributed by atoms with van der Waals surface area (Å²) < 4.78 is 19.1. The summed E-state index contributed by atoms with van der Waals surface area (Å²) in [5, 5.41) is 12.2. The number of nitrogens with zero attached hydrogens (tertiary/aromatic N) is 2. The molecule has 2 aromatic rings. The van der Waals surface area contributed by atoms with E-state index in [1.54, 1.807) is 13.3 Å². The quantitative estimate of drug-likeness (QED) is 0.447. The van der Waals surface area contributed by atoms with Crippen LogP contribution in [0.3, 0.4) is 0 Å². The van der Waals surface area contributed by atoms with Crippen molar-refractivity contribution in [2.75, 3.05) is 39.1 Å². The molecule has 6 heteroatoms. The van der Waals surface area contributed by atoms with Gasteiger partial charge in [-0.05, 0) is 87.2 Å². The van der Waals surface area contributed by atoms with E-state index in [0.717, 1.165) is 72.7 Å². The summed E-state index contributed by atoms with van der Waals surface area (Å²) in [5.74, 6) is 2.01. The van der Waals surface area contributed by atoms with Crippen LogP contribution >= 0.6 is 11.8 Å². The van der Waals surface area contributed by atoms with Crippen molar-refractivity contribution < 1.29 is 14.2 Å². The lowest BCUT2D eigenvalue weighted by Crippen LogP contribution is -2.43. The van der Waals surface area contributed by atoms with E-state index in [1.165, 1.54) is 38.0 Å². The molecule has 1 aromatic heterocycles. The fourth-order valence-electron chi connectivity index (χ4n) is 5.59. The second kappa shape index (κ2) is 11.9. The predicted octanol–water partition coefficient (Wildman–Crippen LogP) is 5.79. The number of benzene rings is 1. The summed E-state index contributed by atoms with van der Waals surface area (Å²) in [4.78, 5) is 7.01. The lowest BCUT2D eigenvalue weighted by Gasteiger charge is -2.41. The van der Waals surface area contributed by atoms with Gasteiger partial charge in [0.25, 0.3) is 0 Å². The summed E-state index contributed by atoms with van der Waals surface area (Å²) in [6.07, 6.45) is 12.1. The maximum atomic E-state index is 13.7. The lowest BCUT2D eigenvalue weighted by atomic mass is 9.75. The summed E-state index contributed by atoms with van der Waals surface area (Å²) in [5.41, 5.74) is 2.59. The van der Waals surface area contributed by atoms with Crippen molar-refractivity contribution in [3.63, 3.8) is 0 Å². The summed E-state index contributed by atoms with van der Waals surface area (Å²) in [6.45, 7) is 3.08. The average molecular weight is 475 g/mol. The fraction of sp³-hybridized carbons (Fsp3) is 0.667. The van der Waals surface area contributed by atoms with Crippen molar-refractivity contribution >= 4 is 22.7 Å². The molecule has 0 bridgehead atoms. The Kier molecular flexibility index (Phi) is 8.89. The number of alkyl halides is 1. The number of ether oxygens (including phenoxy) is 1. The molecule has 1 aromatic carbocycles.